The van der Waals surface area contributed by atoms with Crippen LogP contribution in [0.4, 0.5) is 4.39 Å². The molecular weight excluding hydrogens is 359 g/mol. The minimum atomic E-state index is -3.88. The molecule has 0 bridgehead atoms. The Bertz CT molecular complexity index is 1070. The maximum Gasteiger partial charge on any atom is 0.244 e. The van der Waals surface area contributed by atoms with Crippen molar-refractivity contribution in [1.29, 1.82) is 5.26 Å². The van der Waals surface area contributed by atoms with Crippen LogP contribution >= 0.6 is 0 Å². The van der Waals surface area contributed by atoms with Crippen LogP contribution < -0.4 is 4.72 Å². The van der Waals surface area contributed by atoms with Crippen LogP contribution in [-0.2, 0) is 10.0 Å². The Morgan fingerprint density at radius 2 is 1.96 bits per heavy atom. The number of hydrogen-bond donors (Lipinski definition) is 1. The van der Waals surface area contributed by atoms with Crippen LogP contribution in [0.2, 0.25) is 0 Å². The molecule has 2 aromatic carbocycles. The quantitative estimate of drug-likeness (QED) is 0.738. The Balaban J connectivity index is 1.80. The van der Waals surface area contributed by atoms with Gasteiger partial charge in [0.05, 0.1) is 22.6 Å². The largest absolute Gasteiger partial charge is 0.337 e. The highest BCUT2D eigenvalue weighted by Crippen LogP contribution is 2.21. The van der Waals surface area contributed by atoms with Gasteiger partial charge in [0, 0.05) is 5.56 Å². The van der Waals surface area contributed by atoms with Crippen molar-refractivity contribution in [2.45, 2.75) is 17.9 Å². The van der Waals surface area contributed by atoms with E-state index < -0.39 is 21.9 Å². The van der Waals surface area contributed by atoms with Crippen LogP contribution in [0.25, 0.3) is 11.4 Å². The zero-order valence-electron chi connectivity index (χ0n) is 13.5. The van der Waals surface area contributed by atoms with Gasteiger partial charge in [-0.05, 0) is 49.4 Å². The van der Waals surface area contributed by atoms with E-state index in [9.17, 15) is 12.8 Å². The second kappa shape index (κ2) is 7.03. The lowest BCUT2D eigenvalue weighted by Gasteiger charge is -2.10. The first kappa shape index (κ1) is 17.7. The van der Waals surface area contributed by atoms with E-state index in [1.807, 2.05) is 6.07 Å². The lowest BCUT2D eigenvalue weighted by molar-refractivity contribution is 0.354. The first-order valence-electron chi connectivity index (χ1n) is 7.51. The molecule has 1 N–H and O–H groups in total. The van der Waals surface area contributed by atoms with E-state index in [0.29, 0.717) is 5.56 Å². The third kappa shape index (κ3) is 3.77. The molecule has 0 saturated carbocycles. The van der Waals surface area contributed by atoms with Crippen molar-refractivity contribution in [1.82, 2.24) is 14.9 Å². The predicted octanol–water partition coefficient (Wildman–Crippen LogP) is 2.79. The van der Waals surface area contributed by atoms with Gasteiger partial charge in [-0.15, -0.1) is 0 Å². The number of sulfonamides is 1. The Hall–Kier alpha value is -3.09. The minimum Gasteiger partial charge on any atom is -0.337 e. The molecule has 1 heterocycles. The van der Waals surface area contributed by atoms with E-state index in [2.05, 4.69) is 14.9 Å². The third-order valence-electron chi connectivity index (χ3n) is 3.52. The Kier molecular flexibility index (Phi) is 4.79. The molecule has 26 heavy (non-hydrogen) atoms. The molecule has 7 nitrogen and oxygen atoms in total. The van der Waals surface area contributed by atoms with Crippen molar-refractivity contribution in [3.63, 3.8) is 0 Å². The molecule has 1 aromatic heterocycles. The second-order valence-corrected chi connectivity index (χ2v) is 7.16. The van der Waals surface area contributed by atoms with Crippen LogP contribution in [0.1, 0.15) is 24.4 Å². The van der Waals surface area contributed by atoms with E-state index in [1.54, 1.807) is 6.92 Å². The first-order chi connectivity index (χ1) is 12.4. The lowest BCUT2D eigenvalue weighted by Crippen LogP contribution is -2.27. The molecule has 0 saturated heterocycles. The monoisotopic (exact) mass is 372 g/mol. The third-order valence-corrected chi connectivity index (χ3v) is 5.06. The summed E-state index contributed by atoms with van der Waals surface area (Å²) in [5.41, 5.74) is 0.773. The van der Waals surface area contributed by atoms with Gasteiger partial charge in [-0.2, -0.15) is 15.0 Å². The van der Waals surface area contributed by atoms with Crippen LogP contribution in [0, 0.1) is 17.1 Å². The molecule has 0 fully saturated rings. The Labute approximate surface area is 149 Å². The molecule has 0 spiro atoms. The zero-order valence-corrected chi connectivity index (χ0v) is 14.4. The molecule has 0 unspecified atom stereocenters. The van der Waals surface area contributed by atoms with Crippen LogP contribution in [0.15, 0.2) is 57.9 Å². The Morgan fingerprint density at radius 3 is 2.65 bits per heavy atom. The number of nitrogens with zero attached hydrogens (tertiary/aromatic N) is 3. The highest BCUT2D eigenvalue weighted by atomic mass is 32.2. The first-order valence-corrected chi connectivity index (χ1v) is 8.99. The standard InChI is InChI=1S/C17H13FN4O3S/c1-11(22-26(23,24)15-4-2-3-12(9-15)10-19)17-20-16(21-25-17)13-5-7-14(18)8-6-13/h2-9,11,22H,1H3/t11-/m1/s1. The number of halogens is 1. The van der Waals surface area contributed by atoms with Gasteiger partial charge in [0.25, 0.3) is 0 Å². The van der Waals surface area contributed by atoms with Gasteiger partial charge in [0.2, 0.25) is 21.7 Å². The van der Waals surface area contributed by atoms with Crippen molar-refractivity contribution in [3.8, 4) is 17.5 Å². The molecule has 0 amide bonds. The highest BCUT2D eigenvalue weighted by molar-refractivity contribution is 7.89. The maximum atomic E-state index is 13.0. The predicted molar refractivity (Wildman–Crippen MR) is 89.6 cm³/mol. The zero-order chi connectivity index (χ0) is 18.7. The van der Waals surface area contributed by atoms with E-state index >= 15 is 0 Å². The average molecular weight is 372 g/mol. The van der Waals surface area contributed by atoms with Crippen molar-refractivity contribution in [2.24, 2.45) is 0 Å². The molecule has 0 radical (unpaired) electrons. The lowest BCUT2D eigenvalue weighted by atomic mass is 10.2. The number of hydrogen-bond acceptors (Lipinski definition) is 6. The fraction of sp³-hybridized carbons (Fsp3) is 0.118. The summed E-state index contributed by atoms with van der Waals surface area (Å²) in [7, 11) is -3.88. The molecule has 0 aliphatic carbocycles. The maximum absolute atomic E-state index is 13.0. The van der Waals surface area contributed by atoms with Crippen LogP contribution in [0.3, 0.4) is 0 Å². The Morgan fingerprint density at radius 1 is 1.23 bits per heavy atom. The number of benzene rings is 2. The van der Waals surface area contributed by atoms with Gasteiger partial charge in [-0.1, -0.05) is 11.2 Å². The summed E-state index contributed by atoms with van der Waals surface area (Å²) >= 11 is 0. The number of nitrogens with one attached hydrogen (secondary N) is 1. The smallest absolute Gasteiger partial charge is 0.244 e. The summed E-state index contributed by atoms with van der Waals surface area (Å²) in [4.78, 5) is 4.10. The summed E-state index contributed by atoms with van der Waals surface area (Å²) in [6.45, 7) is 1.55. The van der Waals surface area contributed by atoms with Crippen molar-refractivity contribution in [2.75, 3.05) is 0 Å². The van der Waals surface area contributed by atoms with Gasteiger partial charge in [-0.3, -0.25) is 0 Å². The average Bonchev–Trinajstić information content (AvgIpc) is 3.12. The van der Waals surface area contributed by atoms with Crippen molar-refractivity contribution in [3.05, 3.63) is 65.8 Å². The molecule has 0 aliphatic rings. The fourth-order valence-corrected chi connectivity index (χ4v) is 3.45. The molecule has 132 valence electrons. The molecule has 0 aliphatic heterocycles. The van der Waals surface area contributed by atoms with Gasteiger partial charge in [0.1, 0.15) is 5.82 Å². The van der Waals surface area contributed by atoms with Gasteiger partial charge in [0.15, 0.2) is 0 Å². The summed E-state index contributed by atoms with van der Waals surface area (Å²) in [6.07, 6.45) is 0. The normalized spacial score (nSPS) is 12.5. The fourth-order valence-electron chi connectivity index (χ4n) is 2.21. The van der Waals surface area contributed by atoms with E-state index in [-0.39, 0.29) is 22.2 Å². The summed E-state index contributed by atoms with van der Waals surface area (Å²) in [5, 5.41) is 12.7. The molecule has 1 atom stereocenters. The van der Waals surface area contributed by atoms with Crippen molar-refractivity contribution >= 4 is 10.0 Å². The second-order valence-electron chi connectivity index (χ2n) is 5.45. The van der Waals surface area contributed by atoms with E-state index in [0.717, 1.165) is 0 Å². The van der Waals surface area contributed by atoms with Crippen LogP contribution in [0.5, 0.6) is 0 Å². The summed E-state index contributed by atoms with van der Waals surface area (Å²) in [5.74, 6) is -0.111. The van der Waals surface area contributed by atoms with Gasteiger partial charge in [-0.25, -0.2) is 12.8 Å². The minimum absolute atomic E-state index is 0.0401. The van der Waals surface area contributed by atoms with E-state index in [4.69, 9.17) is 9.78 Å². The summed E-state index contributed by atoms with van der Waals surface area (Å²) in [6, 6.07) is 12.2. The molecular formula is C17H13FN4O3S. The van der Waals surface area contributed by atoms with E-state index in [1.165, 1.54) is 48.5 Å². The number of aromatic nitrogens is 2. The molecule has 3 aromatic rings. The molecule has 9 heteroatoms. The summed E-state index contributed by atoms with van der Waals surface area (Å²) < 4.78 is 45.4. The number of rotatable bonds is 5. The molecule has 3 rings (SSSR count). The van der Waals surface area contributed by atoms with Gasteiger partial charge >= 0.3 is 0 Å². The highest BCUT2D eigenvalue weighted by Gasteiger charge is 2.23. The van der Waals surface area contributed by atoms with Crippen LogP contribution in [-0.4, -0.2) is 18.6 Å². The number of nitriles is 1. The SMILES string of the molecule is C[C@@H](NS(=O)(=O)c1cccc(C#N)c1)c1nc(-c2ccc(F)cc2)no1. The van der Waals surface area contributed by atoms with Gasteiger partial charge < -0.3 is 4.52 Å². The van der Waals surface area contributed by atoms with Crippen molar-refractivity contribution < 1.29 is 17.3 Å². The topological polar surface area (TPSA) is 109 Å².